The second-order valence-corrected chi connectivity index (χ2v) is 7.26. The molecule has 2 fully saturated rings. The quantitative estimate of drug-likeness (QED) is 0.895. The van der Waals surface area contributed by atoms with Gasteiger partial charge in [0.15, 0.2) is 0 Å². The van der Waals surface area contributed by atoms with Gasteiger partial charge in [-0.3, -0.25) is 4.90 Å². The molecule has 0 radical (unpaired) electrons. The zero-order valence-corrected chi connectivity index (χ0v) is 14.3. The molecule has 2 unspecified atom stereocenters. The summed E-state index contributed by atoms with van der Waals surface area (Å²) in [6.45, 7) is 5.18. The van der Waals surface area contributed by atoms with Gasteiger partial charge in [0.25, 0.3) is 0 Å². The number of hydrogen-bond acceptors (Lipinski definition) is 2. The zero-order chi connectivity index (χ0) is 16.2. The maximum atomic E-state index is 12.2. The highest BCUT2D eigenvalue weighted by Gasteiger charge is 2.39. The lowest BCUT2D eigenvalue weighted by Crippen LogP contribution is -2.59. The smallest absolute Gasteiger partial charge is 0.315 e. The Morgan fingerprint density at radius 1 is 1.17 bits per heavy atom. The highest BCUT2D eigenvalue weighted by Crippen LogP contribution is 2.35. The Hall–Kier alpha value is -1.55. The van der Waals surface area contributed by atoms with E-state index in [4.69, 9.17) is 0 Å². The Labute approximate surface area is 139 Å². The summed E-state index contributed by atoms with van der Waals surface area (Å²) in [5.74, 6) is 0. The van der Waals surface area contributed by atoms with Gasteiger partial charge in [-0.25, -0.2) is 4.79 Å². The zero-order valence-electron chi connectivity index (χ0n) is 14.3. The van der Waals surface area contributed by atoms with Crippen LogP contribution in [0.1, 0.15) is 51.5 Å². The van der Waals surface area contributed by atoms with Gasteiger partial charge in [-0.05, 0) is 45.1 Å². The summed E-state index contributed by atoms with van der Waals surface area (Å²) >= 11 is 0. The van der Waals surface area contributed by atoms with Crippen molar-refractivity contribution in [1.29, 1.82) is 0 Å². The summed E-state index contributed by atoms with van der Waals surface area (Å²) in [7, 11) is 0. The number of amides is 2. The lowest BCUT2D eigenvalue weighted by atomic mass is 9.81. The van der Waals surface area contributed by atoms with Crippen LogP contribution < -0.4 is 10.6 Å². The highest BCUT2D eigenvalue weighted by molar-refractivity contribution is 5.74. The van der Waals surface area contributed by atoms with Gasteiger partial charge in [0.05, 0.1) is 0 Å². The minimum Gasteiger partial charge on any atom is -0.335 e. The summed E-state index contributed by atoms with van der Waals surface area (Å²) < 4.78 is 0. The summed E-state index contributed by atoms with van der Waals surface area (Å²) in [6.07, 6.45) is 6.07. The fourth-order valence-corrected chi connectivity index (χ4v) is 4.39. The molecule has 2 bridgehead atoms. The van der Waals surface area contributed by atoms with Gasteiger partial charge in [0.2, 0.25) is 0 Å². The van der Waals surface area contributed by atoms with Crippen LogP contribution in [0.25, 0.3) is 0 Å². The van der Waals surface area contributed by atoms with Crippen molar-refractivity contribution in [3.63, 3.8) is 0 Å². The highest BCUT2D eigenvalue weighted by atomic mass is 16.2. The third kappa shape index (κ3) is 4.05. The number of piperidine rings is 2. The minimum atomic E-state index is -0.0325. The number of rotatable bonds is 4. The van der Waals surface area contributed by atoms with Crippen LogP contribution in [0.2, 0.25) is 0 Å². The van der Waals surface area contributed by atoms with Gasteiger partial charge in [-0.15, -0.1) is 0 Å². The van der Waals surface area contributed by atoms with Crippen LogP contribution in [0.5, 0.6) is 0 Å². The minimum absolute atomic E-state index is 0.0325. The Kier molecular flexibility index (Phi) is 5.21. The predicted octanol–water partition coefficient (Wildman–Crippen LogP) is 3.28. The molecule has 126 valence electrons. The van der Waals surface area contributed by atoms with Gasteiger partial charge in [0, 0.05) is 30.7 Å². The molecule has 0 spiro atoms. The maximum Gasteiger partial charge on any atom is 0.315 e. The molecule has 1 aromatic rings. The predicted molar refractivity (Wildman–Crippen MR) is 93.2 cm³/mol. The van der Waals surface area contributed by atoms with E-state index in [0.717, 1.165) is 18.4 Å². The molecule has 0 aromatic heterocycles. The van der Waals surface area contributed by atoms with Crippen LogP contribution in [-0.2, 0) is 6.54 Å². The average Bonchev–Trinajstić information content (AvgIpc) is 2.53. The molecule has 0 aliphatic carbocycles. The van der Waals surface area contributed by atoms with E-state index in [9.17, 15) is 4.79 Å². The van der Waals surface area contributed by atoms with E-state index >= 15 is 0 Å². The molecule has 2 aliphatic rings. The first-order chi connectivity index (χ1) is 11.1. The standard InChI is InChI=1S/C19H29N3O/c1-14(2)22-17-9-6-10-18(22)12-16(11-17)21-19(23)20-13-15-7-4-3-5-8-15/h3-5,7-8,14,16-18H,6,9-13H2,1-2H3,(H2,20,21,23). The van der Waals surface area contributed by atoms with Crippen molar-refractivity contribution in [2.45, 2.75) is 76.7 Å². The van der Waals surface area contributed by atoms with E-state index < -0.39 is 0 Å². The number of carbonyl (C=O) groups excluding carboxylic acids is 1. The van der Waals surface area contributed by atoms with Crippen LogP contribution in [0.15, 0.2) is 30.3 Å². The third-order valence-corrected chi connectivity index (χ3v) is 5.26. The number of urea groups is 1. The largest absolute Gasteiger partial charge is 0.335 e. The van der Waals surface area contributed by atoms with Crippen LogP contribution in [0.4, 0.5) is 4.79 Å². The first kappa shape index (κ1) is 16.3. The van der Waals surface area contributed by atoms with E-state index in [-0.39, 0.29) is 6.03 Å². The van der Waals surface area contributed by atoms with Crippen LogP contribution >= 0.6 is 0 Å². The average molecular weight is 315 g/mol. The van der Waals surface area contributed by atoms with Gasteiger partial charge in [0.1, 0.15) is 0 Å². The molecule has 0 saturated carbocycles. The normalized spacial score (nSPS) is 27.7. The molecule has 23 heavy (non-hydrogen) atoms. The molecule has 2 aliphatic heterocycles. The number of hydrogen-bond donors (Lipinski definition) is 2. The Balaban J connectivity index is 1.50. The van der Waals surface area contributed by atoms with Gasteiger partial charge in [-0.1, -0.05) is 36.8 Å². The Morgan fingerprint density at radius 2 is 1.83 bits per heavy atom. The lowest BCUT2D eigenvalue weighted by Gasteiger charge is -2.51. The number of fused-ring (bicyclic) bond motifs is 2. The number of benzene rings is 1. The topological polar surface area (TPSA) is 44.4 Å². The summed E-state index contributed by atoms with van der Waals surface area (Å²) in [5.41, 5.74) is 1.13. The molecule has 2 heterocycles. The monoisotopic (exact) mass is 315 g/mol. The van der Waals surface area contributed by atoms with E-state index in [1.165, 1.54) is 19.3 Å². The number of nitrogens with one attached hydrogen (secondary N) is 2. The Morgan fingerprint density at radius 3 is 2.43 bits per heavy atom. The molecule has 4 nitrogen and oxygen atoms in total. The van der Waals surface area contributed by atoms with Crippen molar-refractivity contribution in [2.75, 3.05) is 0 Å². The SMILES string of the molecule is CC(C)N1C2CCCC1CC(NC(=O)NCc1ccccc1)C2. The summed E-state index contributed by atoms with van der Waals surface area (Å²) in [4.78, 5) is 14.9. The van der Waals surface area contributed by atoms with E-state index in [2.05, 4.69) is 29.4 Å². The van der Waals surface area contributed by atoms with Crippen molar-refractivity contribution >= 4 is 6.03 Å². The molecule has 3 rings (SSSR count). The van der Waals surface area contributed by atoms with E-state index in [0.29, 0.717) is 30.7 Å². The van der Waals surface area contributed by atoms with Crippen molar-refractivity contribution in [2.24, 2.45) is 0 Å². The molecule has 2 saturated heterocycles. The second-order valence-electron chi connectivity index (χ2n) is 7.26. The second kappa shape index (κ2) is 7.35. The lowest BCUT2D eigenvalue weighted by molar-refractivity contribution is 0.00207. The number of nitrogens with zero attached hydrogens (tertiary/aromatic N) is 1. The van der Waals surface area contributed by atoms with E-state index in [1.807, 2.05) is 30.3 Å². The maximum absolute atomic E-state index is 12.2. The van der Waals surface area contributed by atoms with Crippen molar-refractivity contribution in [3.8, 4) is 0 Å². The first-order valence-electron chi connectivity index (χ1n) is 8.99. The van der Waals surface area contributed by atoms with Crippen molar-refractivity contribution < 1.29 is 4.79 Å². The van der Waals surface area contributed by atoms with Crippen molar-refractivity contribution in [1.82, 2.24) is 15.5 Å². The first-order valence-corrected chi connectivity index (χ1v) is 8.99. The molecular weight excluding hydrogens is 286 g/mol. The molecule has 2 N–H and O–H groups in total. The number of carbonyl (C=O) groups is 1. The fraction of sp³-hybridized carbons (Fsp3) is 0.632. The molecule has 4 heteroatoms. The molecule has 1 aromatic carbocycles. The summed E-state index contributed by atoms with van der Waals surface area (Å²) in [5, 5.41) is 6.18. The molecule has 2 amide bonds. The van der Waals surface area contributed by atoms with Crippen LogP contribution in [-0.4, -0.2) is 35.1 Å². The Bertz CT molecular complexity index is 503. The van der Waals surface area contributed by atoms with Gasteiger partial charge in [-0.2, -0.15) is 0 Å². The van der Waals surface area contributed by atoms with E-state index in [1.54, 1.807) is 0 Å². The van der Waals surface area contributed by atoms with Gasteiger partial charge < -0.3 is 10.6 Å². The summed E-state index contributed by atoms with van der Waals surface area (Å²) in [6, 6.07) is 12.2. The fourth-order valence-electron chi connectivity index (χ4n) is 4.39. The van der Waals surface area contributed by atoms with Gasteiger partial charge >= 0.3 is 6.03 Å². The van der Waals surface area contributed by atoms with Crippen LogP contribution in [0, 0.1) is 0 Å². The van der Waals surface area contributed by atoms with Crippen molar-refractivity contribution in [3.05, 3.63) is 35.9 Å². The molecule has 2 atom stereocenters. The third-order valence-electron chi connectivity index (χ3n) is 5.26. The molecular formula is C19H29N3O. The van der Waals surface area contributed by atoms with Crippen LogP contribution in [0.3, 0.4) is 0 Å².